The Balaban J connectivity index is 1.73. The van der Waals surface area contributed by atoms with Gasteiger partial charge in [0.2, 0.25) is 0 Å². The highest BCUT2D eigenvalue weighted by Crippen LogP contribution is 2.43. The van der Waals surface area contributed by atoms with Crippen molar-refractivity contribution in [3.63, 3.8) is 0 Å². The number of methoxy groups -OCH3 is 1. The van der Waals surface area contributed by atoms with Gasteiger partial charge in [0.1, 0.15) is 0 Å². The number of nitrogens with two attached hydrogens (primary N) is 1. The van der Waals surface area contributed by atoms with Crippen LogP contribution in [-0.4, -0.2) is 28.1 Å². The standard InChI is InChI=1S/C16H25N3OS/c1-15(2)4-6-16(20-3,7-5-15)13(17)10-12-11-19-8-9-21-14(19)18-12/h8-9,11,13H,4-7,10,17H2,1-3H3. The molecule has 0 bridgehead atoms. The first-order valence-corrected chi connectivity index (χ1v) is 8.54. The first-order chi connectivity index (χ1) is 9.94. The summed E-state index contributed by atoms with van der Waals surface area (Å²) in [6.45, 7) is 4.67. The summed E-state index contributed by atoms with van der Waals surface area (Å²) in [5.41, 5.74) is 7.83. The van der Waals surface area contributed by atoms with Crippen LogP contribution in [0.3, 0.4) is 0 Å². The Labute approximate surface area is 130 Å². The van der Waals surface area contributed by atoms with Gasteiger partial charge >= 0.3 is 0 Å². The molecule has 0 spiro atoms. The van der Waals surface area contributed by atoms with Gasteiger partial charge in [0.05, 0.1) is 11.3 Å². The van der Waals surface area contributed by atoms with Crippen LogP contribution in [0.15, 0.2) is 17.8 Å². The summed E-state index contributed by atoms with van der Waals surface area (Å²) in [6, 6.07) is 0.00297. The maximum Gasteiger partial charge on any atom is 0.193 e. The van der Waals surface area contributed by atoms with Gasteiger partial charge in [0.25, 0.3) is 0 Å². The molecule has 116 valence electrons. The van der Waals surface area contributed by atoms with Gasteiger partial charge < -0.3 is 10.5 Å². The number of aromatic nitrogens is 2. The molecule has 2 aromatic heterocycles. The van der Waals surface area contributed by atoms with Crippen molar-refractivity contribution in [1.82, 2.24) is 9.38 Å². The highest BCUT2D eigenvalue weighted by Gasteiger charge is 2.42. The number of imidazole rings is 1. The predicted molar refractivity (Wildman–Crippen MR) is 86.7 cm³/mol. The summed E-state index contributed by atoms with van der Waals surface area (Å²) in [4.78, 5) is 5.68. The van der Waals surface area contributed by atoms with Crippen molar-refractivity contribution in [2.24, 2.45) is 11.1 Å². The van der Waals surface area contributed by atoms with Gasteiger partial charge in [-0.3, -0.25) is 4.40 Å². The molecule has 0 radical (unpaired) electrons. The fraction of sp³-hybridized carbons (Fsp3) is 0.688. The van der Waals surface area contributed by atoms with Gasteiger partial charge in [-0.25, -0.2) is 4.98 Å². The SMILES string of the molecule is COC1(C(N)Cc2cn3ccsc3n2)CCC(C)(C)CC1. The molecule has 21 heavy (non-hydrogen) atoms. The van der Waals surface area contributed by atoms with Crippen molar-refractivity contribution >= 4 is 16.3 Å². The van der Waals surface area contributed by atoms with E-state index in [1.165, 1.54) is 12.8 Å². The minimum Gasteiger partial charge on any atom is -0.377 e. The molecule has 4 nitrogen and oxygen atoms in total. The molecule has 0 aliphatic heterocycles. The Hall–Kier alpha value is -0.910. The fourth-order valence-corrected chi connectivity index (χ4v) is 4.08. The summed E-state index contributed by atoms with van der Waals surface area (Å²) >= 11 is 1.66. The Kier molecular flexibility index (Phi) is 3.84. The van der Waals surface area contributed by atoms with Gasteiger partial charge in [0, 0.05) is 37.3 Å². The van der Waals surface area contributed by atoms with E-state index in [-0.39, 0.29) is 11.6 Å². The Morgan fingerprint density at radius 1 is 1.38 bits per heavy atom. The van der Waals surface area contributed by atoms with E-state index in [1.807, 2.05) is 18.7 Å². The second-order valence-corrected chi connectivity index (χ2v) is 7.94. The van der Waals surface area contributed by atoms with Crippen LogP contribution in [0.2, 0.25) is 0 Å². The number of ether oxygens (including phenoxy) is 1. The third-order valence-corrected chi connectivity index (χ3v) is 5.88. The predicted octanol–water partition coefficient (Wildman–Crippen LogP) is 3.25. The molecule has 2 heterocycles. The molecule has 3 rings (SSSR count). The molecule has 1 aliphatic carbocycles. The van der Waals surface area contributed by atoms with E-state index >= 15 is 0 Å². The van der Waals surface area contributed by atoms with E-state index < -0.39 is 0 Å². The van der Waals surface area contributed by atoms with E-state index in [0.29, 0.717) is 5.41 Å². The van der Waals surface area contributed by atoms with Gasteiger partial charge in [-0.2, -0.15) is 0 Å². The molecule has 1 atom stereocenters. The molecular weight excluding hydrogens is 282 g/mol. The number of rotatable bonds is 4. The highest BCUT2D eigenvalue weighted by atomic mass is 32.1. The number of hydrogen-bond acceptors (Lipinski definition) is 4. The average molecular weight is 307 g/mol. The van der Waals surface area contributed by atoms with Gasteiger partial charge in [-0.05, 0) is 31.1 Å². The van der Waals surface area contributed by atoms with E-state index in [0.717, 1.165) is 29.9 Å². The number of thiazole rings is 1. The van der Waals surface area contributed by atoms with Crippen molar-refractivity contribution in [1.29, 1.82) is 0 Å². The van der Waals surface area contributed by atoms with Crippen LogP contribution in [0.4, 0.5) is 0 Å². The lowest BCUT2D eigenvalue weighted by Crippen LogP contribution is -2.53. The third kappa shape index (κ3) is 2.87. The summed E-state index contributed by atoms with van der Waals surface area (Å²) in [6.07, 6.45) is 9.33. The minimum absolute atomic E-state index is 0.00297. The van der Waals surface area contributed by atoms with Gasteiger partial charge in [-0.1, -0.05) is 13.8 Å². The summed E-state index contributed by atoms with van der Waals surface area (Å²) in [7, 11) is 1.81. The summed E-state index contributed by atoms with van der Waals surface area (Å²) in [5.74, 6) is 0. The third-order valence-electron chi connectivity index (χ3n) is 5.10. The molecular formula is C16H25N3OS. The minimum atomic E-state index is -0.188. The topological polar surface area (TPSA) is 52.5 Å². The monoisotopic (exact) mass is 307 g/mol. The zero-order chi connectivity index (χ0) is 15.1. The second kappa shape index (κ2) is 5.38. The Morgan fingerprint density at radius 3 is 2.71 bits per heavy atom. The van der Waals surface area contributed by atoms with Crippen molar-refractivity contribution < 1.29 is 4.74 Å². The smallest absolute Gasteiger partial charge is 0.193 e. The fourth-order valence-electron chi connectivity index (χ4n) is 3.36. The van der Waals surface area contributed by atoms with E-state index in [4.69, 9.17) is 10.5 Å². The van der Waals surface area contributed by atoms with Gasteiger partial charge in [-0.15, -0.1) is 11.3 Å². The molecule has 1 saturated carbocycles. The van der Waals surface area contributed by atoms with Crippen LogP contribution >= 0.6 is 11.3 Å². The number of nitrogens with zero attached hydrogens (tertiary/aromatic N) is 2. The lowest BCUT2D eigenvalue weighted by atomic mass is 9.68. The molecule has 0 aromatic carbocycles. The Morgan fingerprint density at radius 2 is 2.10 bits per heavy atom. The molecule has 0 saturated heterocycles. The zero-order valence-electron chi connectivity index (χ0n) is 13.1. The molecule has 1 aliphatic rings. The van der Waals surface area contributed by atoms with Crippen LogP contribution in [0, 0.1) is 5.41 Å². The summed E-state index contributed by atoms with van der Waals surface area (Å²) < 4.78 is 7.97. The lowest BCUT2D eigenvalue weighted by molar-refractivity contribution is -0.0782. The quantitative estimate of drug-likeness (QED) is 0.943. The average Bonchev–Trinajstić information content (AvgIpc) is 3.00. The van der Waals surface area contributed by atoms with Crippen LogP contribution < -0.4 is 5.73 Å². The number of fused-ring (bicyclic) bond motifs is 1. The van der Waals surface area contributed by atoms with Crippen LogP contribution in [0.5, 0.6) is 0 Å². The van der Waals surface area contributed by atoms with Crippen LogP contribution in [0.1, 0.15) is 45.2 Å². The molecule has 2 N–H and O–H groups in total. The lowest BCUT2D eigenvalue weighted by Gasteiger charge is -2.45. The maximum absolute atomic E-state index is 6.53. The van der Waals surface area contributed by atoms with E-state index in [1.54, 1.807) is 11.3 Å². The highest BCUT2D eigenvalue weighted by molar-refractivity contribution is 7.15. The summed E-state index contributed by atoms with van der Waals surface area (Å²) in [5, 5.41) is 2.05. The largest absolute Gasteiger partial charge is 0.377 e. The molecule has 1 fully saturated rings. The first kappa shape index (κ1) is 15.0. The van der Waals surface area contributed by atoms with Crippen molar-refractivity contribution in [3.8, 4) is 0 Å². The van der Waals surface area contributed by atoms with Crippen LogP contribution in [0.25, 0.3) is 4.96 Å². The molecule has 1 unspecified atom stereocenters. The number of hydrogen-bond donors (Lipinski definition) is 1. The zero-order valence-corrected chi connectivity index (χ0v) is 13.9. The van der Waals surface area contributed by atoms with E-state index in [9.17, 15) is 0 Å². The molecule has 5 heteroatoms. The van der Waals surface area contributed by atoms with Crippen molar-refractivity contribution in [3.05, 3.63) is 23.5 Å². The van der Waals surface area contributed by atoms with Crippen LogP contribution in [-0.2, 0) is 11.2 Å². The van der Waals surface area contributed by atoms with Gasteiger partial charge in [0.15, 0.2) is 4.96 Å². The maximum atomic E-state index is 6.53. The van der Waals surface area contributed by atoms with Crippen molar-refractivity contribution in [2.45, 2.75) is 57.6 Å². The first-order valence-electron chi connectivity index (χ1n) is 7.66. The second-order valence-electron chi connectivity index (χ2n) is 7.07. The van der Waals surface area contributed by atoms with Crippen molar-refractivity contribution in [2.75, 3.05) is 7.11 Å². The molecule has 0 amide bonds. The molecule has 2 aromatic rings. The van der Waals surface area contributed by atoms with E-state index in [2.05, 4.69) is 29.4 Å². The Bertz CT molecular complexity index is 577. The normalized spacial score (nSPS) is 22.5.